The van der Waals surface area contributed by atoms with Crippen LogP contribution >= 0.6 is 0 Å². The molecule has 0 saturated heterocycles. The van der Waals surface area contributed by atoms with Crippen molar-refractivity contribution in [2.45, 2.75) is 46.1 Å². The van der Waals surface area contributed by atoms with E-state index in [4.69, 9.17) is 5.11 Å². The second-order valence-electron chi connectivity index (χ2n) is 3.48. The summed E-state index contributed by atoms with van der Waals surface area (Å²) in [6.07, 6.45) is 3.44. The van der Waals surface area contributed by atoms with E-state index in [0.717, 1.165) is 25.5 Å². The van der Waals surface area contributed by atoms with Crippen LogP contribution in [0.15, 0.2) is 26.0 Å². The Bertz CT molecular complexity index is 188. The molecule has 0 aromatic carbocycles. The predicted molar refractivity (Wildman–Crippen MR) is 75.0 cm³/mol. The molecule has 4 heteroatoms. The zero-order valence-corrected chi connectivity index (χ0v) is 11.9. The van der Waals surface area contributed by atoms with E-state index in [1.54, 1.807) is 0 Å². The highest BCUT2D eigenvalue weighted by atomic mass is 16.5. The number of aliphatic hydroxyl groups excluding tert-OH is 2. The second kappa shape index (κ2) is 18.2. The van der Waals surface area contributed by atoms with Gasteiger partial charge in [0.15, 0.2) is 0 Å². The number of hydrogen-bond acceptors (Lipinski definition) is 4. The summed E-state index contributed by atoms with van der Waals surface area (Å²) in [4.78, 5) is 9.75. The molecule has 0 aromatic heterocycles. The molecule has 18 heavy (non-hydrogen) atoms. The van der Waals surface area contributed by atoms with Crippen LogP contribution in [0, 0.1) is 5.92 Å². The zero-order valence-electron chi connectivity index (χ0n) is 11.9. The average molecular weight is 260 g/mol. The van der Waals surface area contributed by atoms with Crippen LogP contribution in [0.2, 0.25) is 0 Å². The summed E-state index contributed by atoms with van der Waals surface area (Å²) < 4.78 is 4.17. The molecule has 0 rings (SSSR count). The minimum Gasteiger partial charge on any atom is -0.435 e. The van der Waals surface area contributed by atoms with Gasteiger partial charge in [0.25, 0.3) is 0 Å². The van der Waals surface area contributed by atoms with Gasteiger partial charge in [-0.3, -0.25) is 4.79 Å². The maximum atomic E-state index is 9.75. The molecule has 0 bridgehead atoms. The fourth-order valence-electron chi connectivity index (χ4n) is 1.17. The van der Waals surface area contributed by atoms with Crippen LogP contribution in [-0.4, -0.2) is 28.9 Å². The molecule has 0 heterocycles. The van der Waals surface area contributed by atoms with Crippen LogP contribution in [0.25, 0.3) is 0 Å². The number of ether oxygens (including phenoxy) is 1. The summed E-state index contributed by atoms with van der Waals surface area (Å²) >= 11 is 0. The van der Waals surface area contributed by atoms with Gasteiger partial charge in [0, 0.05) is 19.4 Å². The number of rotatable bonds is 6. The smallest absolute Gasteiger partial charge is 0.307 e. The first-order valence-corrected chi connectivity index (χ1v) is 6.10. The van der Waals surface area contributed by atoms with Crippen molar-refractivity contribution in [1.29, 1.82) is 0 Å². The van der Waals surface area contributed by atoms with Crippen LogP contribution in [0.5, 0.6) is 0 Å². The monoisotopic (exact) mass is 260 g/mol. The van der Waals surface area contributed by atoms with Crippen LogP contribution in [-0.2, 0) is 9.53 Å². The molecule has 0 amide bonds. The van der Waals surface area contributed by atoms with Gasteiger partial charge in [-0.15, -0.1) is 13.2 Å². The summed E-state index contributed by atoms with van der Waals surface area (Å²) in [5, 5.41) is 18.1. The number of carbonyl (C=O) groups is 1. The Morgan fingerprint density at radius 1 is 1.39 bits per heavy atom. The van der Waals surface area contributed by atoms with E-state index >= 15 is 0 Å². The fourth-order valence-corrected chi connectivity index (χ4v) is 1.17. The molecule has 108 valence electrons. The van der Waals surface area contributed by atoms with Crippen molar-refractivity contribution in [1.82, 2.24) is 0 Å². The Morgan fingerprint density at radius 3 is 2.06 bits per heavy atom. The van der Waals surface area contributed by atoms with Crippen molar-refractivity contribution < 1.29 is 19.7 Å². The molecule has 0 aliphatic rings. The van der Waals surface area contributed by atoms with Gasteiger partial charge in [-0.25, -0.2) is 0 Å². The van der Waals surface area contributed by atoms with Gasteiger partial charge in [-0.1, -0.05) is 26.8 Å². The summed E-state index contributed by atoms with van der Waals surface area (Å²) in [7, 11) is 0. The van der Waals surface area contributed by atoms with Crippen molar-refractivity contribution >= 4 is 5.97 Å². The average Bonchev–Trinajstić information content (AvgIpc) is 2.34. The van der Waals surface area contributed by atoms with Gasteiger partial charge in [0.2, 0.25) is 0 Å². The maximum absolute atomic E-state index is 9.75. The highest BCUT2D eigenvalue weighted by Crippen LogP contribution is 2.11. The molecular weight excluding hydrogens is 232 g/mol. The van der Waals surface area contributed by atoms with Gasteiger partial charge in [-0.2, -0.15) is 0 Å². The van der Waals surface area contributed by atoms with Crippen LogP contribution < -0.4 is 0 Å². The molecule has 0 fully saturated rings. The Labute approximate surface area is 111 Å². The van der Waals surface area contributed by atoms with E-state index in [1.165, 1.54) is 6.92 Å². The molecule has 2 N–H and O–H groups in total. The molecule has 0 spiro atoms. The van der Waals surface area contributed by atoms with E-state index in [-0.39, 0.29) is 24.6 Å². The Kier molecular flexibility index (Phi) is 22.4. The van der Waals surface area contributed by atoms with Crippen LogP contribution in [0.3, 0.4) is 0 Å². The summed E-state index contributed by atoms with van der Waals surface area (Å²) in [5.41, 5.74) is 0. The Morgan fingerprint density at radius 2 is 1.89 bits per heavy atom. The van der Waals surface area contributed by atoms with E-state index in [9.17, 15) is 9.90 Å². The largest absolute Gasteiger partial charge is 0.435 e. The standard InChI is InChI=1S/C8H18O2.C4H6O2.C2H4/c1-3-5-8(10)7(4-2)6-9;1-3-6-4(2)5;1-2/h7-10H,3-6H2,1-2H3;3H,1H2,2H3;1-2H2. The van der Waals surface area contributed by atoms with Gasteiger partial charge in [0.1, 0.15) is 0 Å². The predicted octanol–water partition coefficient (Wildman–Crippen LogP) is 2.66. The quantitative estimate of drug-likeness (QED) is 0.438. The third-order valence-corrected chi connectivity index (χ3v) is 2.14. The zero-order chi connectivity index (χ0) is 15.0. The van der Waals surface area contributed by atoms with Gasteiger partial charge in [-0.05, 0) is 12.8 Å². The molecule has 4 nitrogen and oxygen atoms in total. The highest BCUT2D eigenvalue weighted by Gasteiger charge is 2.14. The lowest BCUT2D eigenvalue weighted by molar-refractivity contribution is -0.135. The normalized spacial score (nSPS) is 11.8. The second-order valence-corrected chi connectivity index (χ2v) is 3.48. The lowest BCUT2D eigenvalue weighted by Gasteiger charge is -2.17. The topological polar surface area (TPSA) is 66.8 Å². The molecule has 0 radical (unpaired) electrons. The van der Waals surface area contributed by atoms with Crippen molar-refractivity contribution in [2.75, 3.05) is 6.61 Å². The Hall–Kier alpha value is -1.13. The van der Waals surface area contributed by atoms with E-state index in [1.807, 2.05) is 13.8 Å². The van der Waals surface area contributed by atoms with Gasteiger partial charge < -0.3 is 14.9 Å². The molecule has 2 unspecified atom stereocenters. The summed E-state index contributed by atoms with van der Waals surface area (Å²) in [5.74, 6) is -0.245. The number of esters is 1. The molecule has 0 aliphatic heterocycles. The number of aliphatic hydroxyl groups is 2. The Balaban J connectivity index is -0.000000241. The van der Waals surface area contributed by atoms with Crippen molar-refractivity contribution in [3.05, 3.63) is 26.0 Å². The lowest BCUT2D eigenvalue weighted by Crippen LogP contribution is -2.22. The summed E-state index contributed by atoms with van der Waals surface area (Å²) in [6.45, 7) is 14.6. The molecule has 0 aromatic rings. The van der Waals surface area contributed by atoms with Crippen molar-refractivity contribution in [3.63, 3.8) is 0 Å². The number of hydrogen-bond donors (Lipinski definition) is 2. The first-order valence-electron chi connectivity index (χ1n) is 6.10. The molecule has 2 atom stereocenters. The van der Waals surface area contributed by atoms with Gasteiger partial charge in [0.05, 0.1) is 12.4 Å². The molecule has 0 saturated carbocycles. The SMILES string of the molecule is C=C.C=COC(C)=O.CCCC(O)C(CC)CO. The lowest BCUT2D eigenvalue weighted by atomic mass is 9.97. The highest BCUT2D eigenvalue weighted by molar-refractivity contribution is 5.66. The van der Waals surface area contributed by atoms with Crippen molar-refractivity contribution in [2.24, 2.45) is 5.92 Å². The van der Waals surface area contributed by atoms with E-state index in [2.05, 4.69) is 24.5 Å². The third kappa shape index (κ3) is 17.3. The number of carbonyl (C=O) groups excluding carboxylic acids is 1. The van der Waals surface area contributed by atoms with Gasteiger partial charge >= 0.3 is 5.97 Å². The summed E-state index contributed by atoms with van der Waals surface area (Å²) in [6, 6.07) is 0. The molecular formula is C14H28O4. The first kappa shape index (κ1) is 22.1. The first-order chi connectivity index (χ1) is 8.53. The maximum Gasteiger partial charge on any atom is 0.307 e. The third-order valence-electron chi connectivity index (χ3n) is 2.14. The minimum atomic E-state index is -0.329. The fraction of sp³-hybridized carbons (Fsp3) is 0.643. The minimum absolute atomic E-state index is 0.0833. The van der Waals surface area contributed by atoms with E-state index < -0.39 is 0 Å². The van der Waals surface area contributed by atoms with Crippen LogP contribution in [0.1, 0.15) is 40.0 Å². The van der Waals surface area contributed by atoms with E-state index in [0.29, 0.717) is 0 Å². The van der Waals surface area contributed by atoms with Crippen molar-refractivity contribution in [3.8, 4) is 0 Å². The van der Waals surface area contributed by atoms with Crippen LogP contribution in [0.4, 0.5) is 0 Å². The molecule has 0 aliphatic carbocycles.